The van der Waals surface area contributed by atoms with Gasteiger partial charge >= 0.3 is 5.97 Å². The van der Waals surface area contributed by atoms with E-state index >= 15 is 0 Å². The fraction of sp³-hybridized carbons (Fsp3) is 0.0909. The lowest BCUT2D eigenvalue weighted by atomic mass is 10.0. The number of aromatic nitrogens is 2. The summed E-state index contributed by atoms with van der Waals surface area (Å²) in [6.07, 6.45) is 1.64. The molecule has 0 aliphatic heterocycles. The largest absolute Gasteiger partial charge is 0.482 e. The molecule has 0 spiro atoms. The van der Waals surface area contributed by atoms with Crippen LogP contribution >= 0.6 is 11.3 Å². The Hall–Kier alpha value is -3.78. The molecular weight excluding hydrogens is 404 g/mol. The van der Waals surface area contributed by atoms with Crippen molar-refractivity contribution in [2.45, 2.75) is 6.61 Å². The van der Waals surface area contributed by atoms with Gasteiger partial charge in [0.05, 0.1) is 5.69 Å². The van der Waals surface area contributed by atoms with Gasteiger partial charge in [-0.1, -0.05) is 30.3 Å². The van der Waals surface area contributed by atoms with E-state index in [1.165, 1.54) is 21.8 Å². The fourth-order valence-corrected chi connectivity index (χ4v) is 3.50. The summed E-state index contributed by atoms with van der Waals surface area (Å²) in [5.41, 5.74) is 1.27. The number of esters is 1. The van der Waals surface area contributed by atoms with Gasteiger partial charge in [0.1, 0.15) is 12.4 Å². The minimum absolute atomic E-state index is 0.0901. The third-order valence-electron chi connectivity index (χ3n) is 4.25. The molecule has 0 unspecified atom stereocenters. The van der Waals surface area contributed by atoms with Crippen molar-refractivity contribution < 1.29 is 19.1 Å². The van der Waals surface area contributed by atoms with Crippen LogP contribution in [-0.2, 0) is 16.1 Å². The van der Waals surface area contributed by atoms with Crippen LogP contribution in [0.25, 0.3) is 4.96 Å². The van der Waals surface area contributed by atoms with Gasteiger partial charge in [-0.15, -0.1) is 11.3 Å². The molecule has 0 aliphatic carbocycles. The van der Waals surface area contributed by atoms with E-state index in [1.54, 1.807) is 60.1 Å². The number of carbonyl (C=O) groups is 2. The number of hydrogen-bond acceptors (Lipinski definition) is 7. The summed E-state index contributed by atoms with van der Waals surface area (Å²) in [4.78, 5) is 41.1. The molecule has 0 radical (unpaired) electrons. The number of nitrogens with zero attached hydrogens (tertiary/aromatic N) is 2. The van der Waals surface area contributed by atoms with E-state index in [9.17, 15) is 14.4 Å². The summed E-state index contributed by atoms with van der Waals surface area (Å²) >= 11 is 1.32. The molecule has 4 rings (SSSR count). The molecule has 30 heavy (non-hydrogen) atoms. The van der Waals surface area contributed by atoms with Crippen LogP contribution in [0.3, 0.4) is 0 Å². The van der Waals surface area contributed by atoms with Crippen molar-refractivity contribution in [3.05, 3.63) is 99.4 Å². The lowest BCUT2D eigenvalue weighted by molar-refractivity contribution is -0.147. The second-order valence-electron chi connectivity index (χ2n) is 6.31. The summed E-state index contributed by atoms with van der Waals surface area (Å²) in [5, 5.41) is 1.76. The zero-order valence-corrected chi connectivity index (χ0v) is 16.5. The molecule has 0 amide bonds. The molecule has 2 aromatic heterocycles. The van der Waals surface area contributed by atoms with Crippen molar-refractivity contribution in [2.75, 3.05) is 6.61 Å². The fourth-order valence-electron chi connectivity index (χ4n) is 2.76. The Balaban J connectivity index is 1.30. The lowest BCUT2D eigenvalue weighted by Gasteiger charge is -2.08. The maximum atomic E-state index is 12.4. The van der Waals surface area contributed by atoms with E-state index in [0.29, 0.717) is 27.5 Å². The van der Waals surface area contributed by atoms with E-state index in [-0.39, 0.29) is 24.6 Å². The summed E-state index contributed by atoms with van der Waals surface area (Å²) in [6, 6.07) is 16.8. The molecule has 8 heteroatoms. The molecule has 2 heterocycles. The smallest absolute Gasteiger partial charge is 0.344 e. The Kier molecular flexibility index (Phi) is 5.67. The molecule has 0 fully saturated rings. The number of rotatable bonds is 7. The number of benzene rings is 2. The molecule has 0 N–H and O–H groups in total. The predicted molar refractivity (Wildman–Crippen MR) is 111 cm³/mol. The van der Waals surface area contributed by atoms with E-state index < -0.39 is 5.97 Å². The van der Waals surface area contributed by atoms with Gasteiger partial charge in [0, 0.05) is 28.8 Å². The van der Waals surface area contributed by atoms with Crippen LogP contribution in [0.1, 0.15) is 21.6 Å². The molecular formula is C22H16N2O5S. The lowest BCUT2D eigenvalue weighted by Crippen LogP contribution is -2.17. The van der Waals surface area contributed by atoms with Gasteiger partial charge in [0.2, 0.25) is 0 Å². The number of hydrogen-bond donors (Lipinski definition) is 0. The van der Waals surface area contributed by atoms with Gasteiger partial charge < -0.3 is 9.47 Å². The van der Waals surface area contributed by atoms with E-state index in [4.69, 9.17) is 9.47 Å². The molecule has 0 saturated heterocycles. The topological polar surface area (TPSA) is 87.0 Å². The van der Waals surface area contributed by atoms with Crippen molar-refractivity contribution in [3.63, 3.8) is 0 Å². The number of thiazole rings is 1. The summed E-state index contributed by atoms with van der Waals surface area (Å²) < 4.78 is 12.0. The van der Waals surface area contributed by atoms with Crippen LogP contribution in [-0.4, -0.2) is 27.7 Å². The van der Waals surface area contributed by atoms with Crippen LogP contribution in [0.5, 0.6) is 5.75 Å². The normalized spacial score (nSPS) is 10.7. The van der Waals surface area contributed by atoms with Crippen molar-refractivity contribution in [2.24, 2.45) is 0 Å². The van der Waals surface area contributed by atoms with E-state index in [0.717, 1.165) is 0 Å². The Morgan fingerprint density at radius 2 is 1.73 bits per heavy atom. The summed E-state index contributed by atoms with van der Waals surface area (Å²) in [6.45, 7) is -0.414. The predicted octanol–water partition coefficient (Wildman–Crippen LogP) is 3.11. The molecule has 4 aromatic rings. The second kappa shape index (κ2) is 8.71. The van der Waals surface area contributed by atoms with Crippen LogP contribution in [0.15, 0.2) is 77.0 Å². The molecule has 0 aliphatic rings. The average molecular weight is 420 g/mol. The Morgan fingerprint density at radius 1 is 1.00 bits per heavy atom. The number of ketones is 1. The average Bonchev–Trinajstić information content (AvgIpc) is 3.26. The number of carbonyl (C=O) groups excluding carboxylic acids is 2. The standard InChI is InChI=1S/C22H16N2O5S/c25-19-12-17(23-22-24(19)10-11-30-22)13-29-20(26)14-28-18-8-6-16(7-9-18)21(27)15-4-2-1-3-5-15/h1-12H,13-14H2. The maximum Gasteiger partial charge on any atom is 0.344 e. The van der Waals surface area contributed by atoms with Crippen molar-refractivity contribution in [1.29, 1.82) is 0 Å². The Bertz CT molecular complexity index is 1250. The van der Waals surface area contributed by atoms with Crippen molar-refractivity contribution in [1.82, 2.24) is 9.38 Å². The van der Waals surface area contributed by atoms with Crippen LogP contribution < -0.4 is 10.3 Å². The molecule has 0 atom stereocenters. The first-order chi connectivity index (χ1) is 14.6. The van der Waals surface area contributed by atoms with Gasteiger partial charge in [-0.25, -0.2) is 9.78 Å². The van der Waals surface area contributed by atoms with Gasteiger partial charge in [-0.2, -0.15) is 0 Å². The SMILES string of the molecule is O=C(COc1ccc(C(=O)c2ccccc2)cc1)OCc1cc(=O)n2ccsc2n1. The highest BCUT2D eigenvalue weighted by Crippen LogP contribution is 2.15. The van der Waals surface area contributed by atoms with Gasteiger partial charge in [0.25, 0.3) is 5.56 Å². The quantitative estimate of drug-likeness (QED) is 0.337. The molecule has 2 aromatic carbocycles. The summed E-state index contributed by atoms with van der Waals surface area (Å²) in [7, 11) is 0. The Morgan fingerprint density at radius 3 is 2.50 bits per heavy atom. The highest BCUT2D eigenvalue weighted by Gasteiger charge is 2.10. The maximum absolute atomic E-state index is 12.4. The second-order valence-corrected chi connectivity index (χ2v) is 7.18. The zero-order chi connectivity index (χ0) is 20.9. The first kappa shape index (κ1) is 19.5. The van der Waals surface area contributed by atoms with Gasteiger partial charge in [0.15, 0.2) is 17.4 Å². The highest BCUT2D eigenvalue weighted by molar-refractivity contribution is 7.15. The van der Waals surface area contributed by atoms with Crippen LogP contribution in [0.4, 0.5) is 0 Å². The van der Waals surface area contributed by atoms with Crippen molar-refractivity contribution in [3.8, 4) is 5.75 Å². The molecule has 0 saturated carbocycles. The van der Waals surface area contributed by atoms with E-state index in [2.05, 4.69) is 4.98 Å². The first-order valence-electron chi connectivity index (χ1n) is 9.04. The molecule has 7 nitrogen and oxygen atoms in total. The van der Waals surface area contributed by atoms with Crippen LogP contribution in [0, 0.1) is 0 Å². The Labute approximate surface area is 175 Å². The minimum Gasteiger partial charge on any atom is -0.482 e. The monoisotopic (exact) mass is 420 g/mol. The third-order valence-corrected chi connectivity index (χ3v) is 5.00. The first-order valence-corrected chi connectivity index (χ1v) is 9.92. The highest BCUT2D eigenvalue weighted by atomic mass is 32.1. The summed E-state index contributed by atoms with van der Waals surface area (Å²) in [5.74, 6) is -0.242. The van der Waals surface area contributed by atoms with Crippen molar-refractivity contribution >= 4 is 28.1 Å². The van der Waals surface area contributed by atoms with Gasteiger partial charge in [-0.05, 0) is 24.3 Å². The van der Waals surface area contributed by atoms with Gasteiger partial charge in [-0.3, -0.25) is 14.0 Å². The minimum atomic E-state index is -0.590. The number of fused-ring (bicyclic) bond motifs is 1. The third kappa shape index (κ3) is 4.44. The molecule has 0 bridgehead atoms. The van der Waals surface area contributed by atoms with Crippen LogP contribution in [0.2, 0.25) is 0 Å². The number of ether oxygens (including phenoxy) is 2. The molecule has 150 valence electrons. The van der Waals surface area contributed by atoms with E-state index in [1.807, 2.05) is 6.07 Å². The zero-order valence-electron chi connectivity index (χ0n) is 15.7.